The maximum absolute atomic E-state index is 12.0. The van der Waals surface area contributed by atoms with Crippen LogP contribution in [-0.4, -0.2) is 28.3 Å². The Bertz CT molecular complexity index is 875. The van der Waals surface area contributed by atoms with Gasteiger partial charge in [0.2, 0.25) is 0 Å². The predicted octanol–water partition coefficient (Wildman–Crippen LogP) is 2.86. The van der Waals surface area contributed by atoms with Crippen LogP contribution in [0.1, 0.15) is 0 Å². The number of nitrogens with zero attached hydrogens (tertiary/aromatic N) is 1. The lowest BCUT2D eigenvalue weighted by atomic mass is 10.2. The molecule has 0 aliphatic heterocycles. The van der Waals surface area contributed by atoms with E-state index < -0.39 is 11.8 Å². The normalized spacial score (nSPS) is 10.5. The molecule has 1 heterocycles. The lowest BCUT2D eigenvalue weighted by Crippen LogP contribution is -2.29. The second-order valence-corrected chi connectivity index (χ2v) is 5.69. The van der Waals surface area contributed by atoms with Gasteiger partial charge in [0.05, 0.1) is 11.7 Å². The zero-order chi connectivity index (χ0) is 16.2. The number of anilines is 2. The molecule has 0 unspecified atom stereocenters. The first-order chi connectivity index (χ1) is 11.2. The molecular formula is C16H14N4O2S. The van der Waals surface area contributed by atoms with Gasteiger partial charge in [0.1, 0.15) is 0 Å². The van der Waals surface area contributed by atoms with Crippen molar-refractivity contribution in [3.8, 4) is 0 Å². The maximum Gasteiger partial charge on any atom is 0.314 e. The van der Waals surface area contributed by atoms with E-state index in [2.05, 4.69) is 20.8 Å². The van der Waals surface area contributed by atoms with Crippen LogP contribution < -0.4 is 10.6 Å². The molecule has 0 radical (unpaired) electrons. The average molecular weight is 326 g/mol. The van der Waals surface area contributed by atoms with Gasteiger partial charge >= 0.3 is 11.8 Å². The molecular weight excluding hydrogens is 312 g/mol. The summed E-state index contributed by atoms with van der Waals surface area (Å²) in [6, 6.07) is 12.6. The molecule has 116 valence electrons. The van der Waals surface area contributed by atoms with Crippen molar-refractivity contribution in [2.24, 2.45) is 0 Å². The van der Waals surface area contributed by atoms with Gasteiger partial charge in [-0.05, 0) is 42.7 Å². The van der Waals surface area contributed by atoms with Gasteiger partial charge in [-0.2, -0.15) is 5.10 Å². The van der Waals surface area contributed by atoms with E-state index in [1.54, 1.807) is 36.2 Å². The van der Waals surface area contributed by atoms with Gasteiger partial charge in [0, 0.05) is 21.7 Å². The van der Waals surface area contributed by atoms with Crippen LogP contribution in [0.2, 0.25) is 0 Å². The number of fused-ring (bicyclic) bond motifs is 1. The van der Waals surface area contributed by atoms with Crippen LogP contribution >= 0.6 is 11.8 Å². The first kappa shape index (κ1) is 15.1. The second-order valence-electron chi connectivity index (χ2n) is 4.81. The lowest BCUT2D eigenvalue weighted by Gasteiger charge is -2.07. The van der Waals surface area contributed by atoms with Crippen LogP contribution in [0.15, 0.2) is 53.6 Å². The summed E-state index contributed by atoms with van der Waals surface area (Å²) >= 11 is 1.56. The number of carbonyl (C=O) groups is 2. The van der Waals surface area contributed by atoms with E-state index in [-0.39, 0.29) is 0 Å². The highest BCUT2D eigenvalue weighted by Crippen LogP contribution is 2.19. The zero-order valence-electron chi connectivity index (χ0n) is 12.3. The number of hydrogen-bond acceptors (Lipinski definition) is 4. The summed E-state index contributed by atoms with van der Waals surface area (Å²) in [5, 5.41) is 12.8. The van der Waals surface area contributed by atoms with E-state index >= 15 is 0 Å². The second kappa shape index (κ2) is 6.53. The Morgan fingerprint density at radius 3 is 2.52 bits per heavy atom. The minimum atomic E-state index is -0.724. The SMILES string of the molecule is CSc1cccc(NC(=O)C(=O)Nc2ccc3cn[nH]c3c2)c1. The number of aromatic amines is 1. The molecule has 1 aromatic heterocycles. The van der Waals surface area contributed by atoms with E-state index in [9.17, 15) is 9.59 Å². The maximum atomic E-state index is 12.0. The Labute approximate surface area is 136 Å². The fourth-order valence-electron chi connectivity index (χ4n) is 2.09. The summed E-state index contributed by atoms with van der Waals surface area (Å²) in [6.07, 6.45) is 3.63. The topological polar surface area (TPSA) is 86.9 Å². The van der Waals surface area contributed by atoms with Crippen molar-refractivity contribution in [1.82, 2.24) is 10.2 Å². The molecule has 2 amide bonds. The van der Waals surface area contributed by atoms with Gasteiger partial charge < -0.3 is 10.6 Å². The third-order valence-electron chi connectivity index (χ3n) is 3.23. The highest BCUT2D eigenvalue weighted by atomic mass is 32.2. The Morgan fingerprint density at radius 2 is 1.78 bits per heavy atom. The van der Waals surface area contributed by atoms with Crippen LogP contribution in [0.3, 0.4) is 0 Å². The number of amides is 2. The predicted molar refractivity (Wildman–Crippen MR) is 91.6 cm³/mol. The molecule has 2 aromatic carbocycles. The third kappa shape index (κ3) is 3.51. The molecule has 3 rings (SSSR count). The number of H-pyrrole nitrogens is 1. The Kier molecular flexibility index (Phi) is 4.29. The van der Waals surface area contributed by atoms with Crippen molar-refractivity contribution >= 4 is 45.9 Å². The molecule has 0 aliphatic rings. The quantitative estimate of drug-likeness (QED) is 0.510. The number of nitrogens with one attached hydrogen (secondary N) is 3. The molecule has 23 heavy (non-hydrogen) atoms. The van der Waals surface area contributed by atoms with Crippen molar-refractivity contribution in [3.05, 3.63) is 48.7 Å². The molecule has 0 atom stereocenters. The summed E-state index contributed by atoms with van der Waals surface area (Å²) in [7, 11) is 0. The number of thioether (sulfide) groups is 1. The highest BCUT2D eigenvalue weighted by molar-refractivity contribution is 7.98. The molecule has 3 aromatic rings. The summed E-state index contributed by atoms with van der Waals surface area (Å²) in [5.41, 5.74) is 1.90. The van der Waals surface area contributed by atoms with Crippen molar-refractivity contribution in [1.29, 1.82) is 0 Å². The number of benzene rings is 2. The summed E-state index contributed by atoms with van der Waals surface area (Å²) < 4.78 is 0. The van der Waals surface area contributed by atoms with Crippen LogP contribution in [0.4, 0.5) is 11.4 Å². The van der Waals surface area contributed by atoms with Gasteiger partial charge in [0.15, 0.2) is 0 Å². The zero-order valence-corrected chi connectivity index (χ0v) is 13.1. The molecule has 0 saturated carbocycles. The highest BCUT2D eigenvalue weighted by Gasteiger charge is 2.14. The molecule has 3 N–H and O–H groups in total. The molecule has 0 fully saturated rings. The first-order valence-electron chi connectivity index (χ1n) is 6.85. The van der Waals surface area contributed by atoms with E-state index in [1.807, 2.05) is 30.5 Å². The van der Waals surface area contributed by atoms with Gasteiger partial charge in [-0.3, -0.25) is 14.7 Å². The minimum Gasteiger partial charge on any atom is -0.318 e. The largest absolute Gasteiger partial charge is 0.318 e. The van der Waals surface area contributed by atoms with Crippen molar-refractivity contribution < 1.29 is 9.59 Å². The fraction of sp³-hybridized carbons (Fsp3) is 0.0625. The number of aromatic nitrogens is 2. The monoisotopic (exact) mass is 326 g/mol. The smallest absolute Gasteiger partial charge is 0.314 e. The van der Waals surface area contributed by atoms with Gasteiger partial charge in [0.25, 0.3) is 0 Å². The summed E-state index contributed by atoms with van der Waals surface area (Å²) in [4.78, 5) is 25.0. The van der Waals surface area contributed by atoms with E-state index in [0.29, 0.717) is 11.4 Å². The molecule has 0 bridgehead atoms. The molecule has 0 aliphatic carbocycles. The summed E-state index contributed by atoms with van der Waals surface area (Å²) in [5.74, 6) is -1.44. The number of hydrogen-bond donors (Lipinski definition) is 3. The van der Waals surface area contributed by atoms with E-state index in [0.717, 1.165) is 15.8 Å². The third-order valence-corrected chi connectivity index (χ3v) is 3.96. The molecule has 6 nitrogen and oxygen atoms in total. The first-order valence-corrected chi connectivity index (χ1v) is 8.08. The Morgan fingerprint density at radius 1 is 1.04 bits per heavy atom. The number of carbonyl (C=O) groups excluding carboxylic acids is 2. The van der Waals surface area contributed by atoms with Crippen LogP contribution in [0.25, 0.3) is 10.9 Å². The molecule has 0 saturated heterocycles. The van der Waals surface area contributed by atoms with E-state index in [4.69, 9.17) is 0 Å². The van der Waals surface area contributed by atoms with Gasteiger partial charge in [-0.15, -0.1) is 11.8 Å². The molecule has 0 spiro atoms. The number of rotatable bonds is 3. The Hall–Kier alpha value is -2.80. The molecule has 7 heteroatoms. The minimum absolute atomic E-state index is 0.528. The van der Waals surface area contributed by atoms with Crippen LogP contribution in [0, 0.1) is 0 Å². The van der Waals surface area contributed by atoms with Gasteiger partial charge in [-0.1, -0.05) is 6.07 Å². The van der Waals surface area contributed by atoms with Crippen molar-refractivity contribution in [3.63, 3.8) is 0 Å². The van der Waals surface area contributed by atoms with Crippen molar-refractivity contribution in [2.75, 3.05) is 16.9 Å². The lowest BCUT2D eigenvalue weighted by molar-refractivity contribution is -0.132. The summed E-state index contributed by atoms with van der Waals surface area (Å²) in [6.45, 7) is 0. The van der Waals surface area contributed by atoms with Crippen LogP contribution in [0.5, 0.6) is 0 Å². The fourth-order valence-corrected chi connectivity index (χ4v) is 2.55. The van der Waals surface area contributed by atoms with E-state index in [1.165, 1.54) is 0 Å². The van der Waals surface area contributed by atoms with Crippen LogP contribution in [-0.2, 0) is 9.59 Å². The average Bonchev–Trinajstić information content (AvgIpc) is 3.02. The Balaban J connectivity index is 1.68. The van der Waals surface area contributed by atoms with Gasteiger partial charge in [-0.25, -0.2) is 0 Å². The standard InChI is InChI=1S/C16H14N4O2S/c1-23-13-4-2-3-11(7-13)18-15(21)16(22)19-12-6-5-10-9-17-20-14(10)8-12/h2-9H,1H3,(H,17,20)(H,18,21)(H,19,22). The van der Waals surface area contributed by atoms with Crippen molar-refractivity contribution in [2.45, 2.75) is 4.90 Å².